The van der Waals surface area contributed by atoms with E-state index in [1.807, 2.05) is 0 Å². The second-order valence-corrected chi connectivity index (χ2v) is 14.2. The molecule has 1 unspecified atom stereocenters. The number of nitrogens with two attached hydrogens (primary N) is 1. The highest BCUT2D eigenvalue weighted by atomic mass is 31.2. The smallest absolute Gasteiger partial charge is 0.462 e. The van der Waals surface area contributed by atoms with Gasteiger partial charge in [0, 0.05) is 19.4 Å². The van der Waals surface area contributed by atoms with Crippen LogP contribution in [0.15, 0.2) is 36.5 Å². The van der Waals surface area contributed by atoms with Crippen molar-refractivity contribution in [2.24, 2.45) is 5.73 Å². The van der Waals surface area contributed by atoms with Crippen molar-refractivity contribution in [3.63, 3.8) is 0 Å². The molecule has 0 aromatic rings. The Labute approximate surface area is 299 Å². The molecular formula is C39H72NO8P. The topological polar surface area (TPSA) is 134 Å². The maximum atomic E-state index is 12.5. The first-order chi connectivity index (χ1) is 23.8. The summed E-state index contributed by atoms with van der Waals surface area (Å²) in [6.07, 6.45) is 37.4. The highest BCUT2D eigenvalue weighted by Gasteiger charge is 2.25. The first kappa shape index (κ1) is 47.2. The molecule has 3 N–H and O–H groups in total. The molecule has 0 radical (unpaired) electrons. The maximum absolute atomic E-state index is 12.5. The van der Waals surface area contributed by atoms with Crippen LogP contribution in [-0.4, -0.2) is 49.3 Å². The van der Waals surface area contributed by atoms with Gasteiger partial charge in [-0.25, -0.2) is 4.57 Å². The molecule has 0 amide bonds. The summed E-state index contributed by atoms with van der Waals surface area (Å²) in [6.45, 7) is 3.63. The highest BCUT2D eigenvalue weighted by Crippen LogP contribution is 2.43. The van der Waals surface area contributed by atoms with E-state index in [2.05, 4.69) is 50.3 Å². The Morgan fingerprint density at radius 3 is 1.63 bits per heavy atom. The Hall–Kier alpha value is -1.77. The second kappa shape index (κ2) is 36.0. The fourth-order valence-electron chi connectivity index (χ4n) is 5.06. The Kier molecular flexibility index (Phi) is 34.7. The lowest BCUT2D eigenvalue weighted by atomic mass is 10.1. The predicted octanol–water partition coefficient (Wildman–Crippen LogP) is 10.6. The molecule has 0 aliphatic rings. The summed E-state index contributed by atoms with van der Waals surface area (Å²) >= 11 is 0. The molecule has 0 saturated heterocycles. The van der Waals surface area contributed by atoms with Gasteiger partial charge in [-0.1, -0.05) is 127 Å². The average molecular weight is 714 g/mol. The van der Waals surface area contributed by atoms with E-state index in [0.717, 1.165) is 77.0 Å². The SMILES string of the molecule is CCCC/C=C\CCCCCCCC(=O)O[C@H](COC(=O)CCCCCCCCC/C=C\C/C=C\CCCCC)COP(=O)(O)OCCN. The number of phosphoric acid groups is 1. The van der Waals surface area contributed by atoms with Crippen LogP contribution in [0, 0.1) is 0 Å². The summed E-state index contributed by atoms with van der Waals surface area (Å²) in [6, 6.07) is 0. The van der Waals surface area contributed by atoms with Crippen molar-refractivity contribution in [2.75, 3.05) is 26.4 Å². The molecule has 0 heterocycles. The van der Waals surface area contributed by atoms with E-state index in [4.69, 9.17) is 24.3 Å². The molecule has 10 heteroatoms. The summed E-state index contributed by atoms with van der Waals surface area (Å²) < 4.78 is 32.6. The van der Waals surface area contributed by atoms with Gasteiger partial charge in [0.15, 0.2) is 6.10 Å². The van der Waals surface area contributed by atoms with E-state index in [-0.39, 0.29) is 32.6 Å². The summed E-state index contributed by atoms with van der Waals surface area (Å²) in [5, 5.41) is 0. The number of esters is 2. The van der Waals surface area contributed by atoms with Crippen LogP contribution >= 0.6 is 7.82 Å². The third-order valence-electron chi connectivity index (χ3n) is 8.00. The van der Waals surface area contributed by atoms with Crippen LogP contribution in [0.3, 0.4) is 0 Å². The first-order valence-electron chi connectivity index (χ1n) is 19.5. The number of allylic oxidation sites excluding steroid dienone is 6. The Morgan fingerprint density at radius 2 is 1.08 bits per heavy atom. The van der Waals surface area contributed by atoms with Gasteiger partial charge in [0.1, 0.15) is 6.61 Å². The molecule has 0 aliphatic heterocycles. The lowest BCUT2D eigenvalue weighted by Crippen LogP contribution is -2.29. The van der Waals surface area contributed by atoms with Crippen molar-refractivity contribution in [2.45, 2.75) is 174 Å². The van der Waals surface area contributed by atoms with Gasteiger partial charge in [-0.3, -0.25) is 18.6 Å². The van der Waals surface area contributed by atoms with Crippen LogP contribution < -0.4 is 5.73 Å². The number of ether oxygens (including phenoxy) is 2. The fraction of sp³-hybridized carbons (Fsp3) is 0.795. The molecule has 0 bridgehead atoms. The highest BCUT2D eigenvalue weighted by molar-refractivity contribution is 7.47. The molecule has 0 aromatic heterocycles. The zero-order valence-electron chi connectivity index (χ0n) is 31.2. The molecule has 0 fully saturated rings. The maximum Gasteiger partial charge on any atom is 0.472 e. The predicted molar refractivity (Wildman–Crippen MR) is 201 cm³/mol. The van der Waals surface area contributed by atoms with Crippen LogP contribution in [0.4, 0.5) is 0 Å². The van der Waals surface area contributed by atoms with E-state index < -0.39 is 32.5 Å². The molecule has 2 atom stereocenters. The summed E-state index contributed by atoms with van der Waals surface area (Å²) in [4.78, 5) is 34.7. The van der Waals surface area contributed by atoms with E-state index in [0.29, 0.717) is 6.42 Å². The fourth-order valence-corrected chi connectivity index (χ4v) is 5.82. The number of hydrogen-bond acceptors (Lipinski definition) is 8. The molecule has 286 valence electrons. The number of carbonyl (C=O) groups is 2. The van der Waals surface area contributed by atoms with Crippen LogP contribution in [0.1, 0.15) is 168 Å². The Bertz CT molecular complexity index is 907. The van der Waals surface area contributed by atoms with Gasteiger partial charge in [0.25, 0.3) is 0 Å². The van der Waals surface area contributed by atoms with Crippen LogP contribution in [0.5, 0.6) is 0 Å². The molecule has 0 saturated carbocycles. The van der Waals surface area contributed by atoms with Crippen LogP contribution in [-0.2, 0) is 32.7 Å². The molecular weight excluding hydrogens is 641 g/mol. The van der Waals surface area contributed by atoms with Gasteiger partial charge in [-0.15, -0.1) is 0 Å². The summed E-state index contributed by atoms with van der Waals surface area (Å²) in [5.74, 6) is -0.851. The molecule has 49 heavy (non-hydrogen) atoms. The zero-order chi connectivity index (χ0) is 36.1. The molecule has 9 nitrogen and oxygen atoms in total. The molecule has 0 rings (SSSR count). The lowest BCUT2D eigenvalue weighted by molar-refractivity contribution is -0.161. The zero-order valence-corrected chi connectivity index (χ0v) is 32.1. The van der Waals surface area contributed by atoms with Gasteiger partial charge in [0.2, 0.25) is 0 Å². The van der Waals surface area contributed by atoms with Crippen molar-refractivity contribution >= 4 is 19.8 Å². The molecule has 0 aromatic carbocycles. The van der Waals surface area contributed by atoms with Crippen molar-refractivity contribution in [3.8, 4) is 0 Å². The van der Waals surface area contributed by atoms with E-state index in [1.54, 1.807) is 0 Å². The minimum atomic E-state index is -4.37. The third-order valence-corrected chi connectivity index (χ3v) is 8.98. The normalized spacial score (nSPS) is 13.8. The summed E-state index contributed by atoms with van der Waals surface area (Å²) in [7, 11) is -4.37. The second-order valence-electron chi connectivity index (χ2n) is 12.8. The molecule has 0 aliphatic carbocycles. The number of hydrogen-bond donors (Lipinski definition) is 2. The summed E-state index contributed by atoms with van der Waals surface area (Å²) in [5.41, 5.74) is 5.33. The third kappa shape index (κ3) is 35.8. The van der Waals surface area contributed by atoms with Gasteiger partial charge in [-0.05, 0) is 64.2 Å². The van der Waals surface area contributed by atoms with Gasteiger partial charge < -0.3 is 20.1 Å². The van der Waals surface area contributed by atoms with Gasteiger partial charge in [0.05, 0.1) is 13.2 Å². The minimum Gasteiger partial charge on any atom is -0.462 e. The quantitative estimate of drug-likeness (QED) is 0.0281. The Morgan fingerprint density at radius 1 is 0.612 bits per heavy atom. The number of carbonyl (C=O) groups excluding carboxylic acids is 2. The first-order valence-corrected chi connectivity index (χ1v) is 21.0. The number of rotatable bonds is 36. The minimum absolute atomic E-state index is 0.0504. The van der Waals surface area contributed by atoms with Crippen molar-refractivity contribution in [1.29, 1.82) is 0 Å². The standard InChI is InChI=1S/C39H72NO8P/c1-3-5-7-9-11-13-15-16-17-18-19-20-22-23-25-27-29-31-38(41)45-35-37(36-47-49(43,44)46-34-33-40)48-39(42)32-30-28-26-24-21-14-12-10-8-6-4-2/h10-13,16-17,37H,3-9,14-15,18-36,40H2,1-2H3,(H,43,44)/b12-10-,13-11-,17-16-/t37-/m1/s1. The van der Waals surface area contributed by atoms with E-state index in [1.165, 1.54) is 57.8 Å². The van der Waals surface area contributed by atoms with Crippen molar-refractivity contribution < 1.29 is 37.6 Å². The van der Waals surface area contributed by atoms with Gasteiger partial charge in [-0.2, -0.15) is 0 Å². The van der Waals surface area contributed by atoms with Crippen LogP contribution in [0.25, 0.3) is 0 Å². The number of unbranched alkanes of at least 4 members (excludes halogenated alkanes) is 17. The lowest BCUT2D eigenvalue weighted by Gasteiger charge is -2.19. The van der Waals surface area contributed by atoms with Crippen LogP contribution in [0.2, 0.25) is 0 Å². The average Bonchev–Trinajstić information content (AvgIpc) is 3.08. The van der Waals surface area contributed by atoms with E-state index in [9.17, 15) is 19.0 Å². The van der Waals surface area contributed by atoms with Gasteiger partial charge >= 0.3 is 19.8 Å². The monoisotopic (exact) mass is 713 g/mol. The number of phosphoric ester groups is 1. The van der Waals surface area contributed by atoms with Crippen molar-refractivity contribution in [1.82, 2.24) is 0 Å². The largest absolute Gasteiger partial charge is 0.472 e. The van der Waals surface area contributed by atoms with Crippen molar-refractivity contribution in [3.05, 3.63) is 36.5 Å². The molecule has 0 spiro atoms. The van der Waals surface area contributed by atoms with E-state index >= 15 is 0 Å². The Balaban J connectivity index is 4.20.